The van der Waals surface area contributed by atoms with E-state index in [0.717, 1.165) is 18.5 Å². The Hall–Kier alpha value is -1.91. The summed E-state index contributed by atoms with van der Waals surface area (Å²) in [5.41, 5.74) is 1.30. The standard InChI is InChI=1S/C17H21NO4/c1-10-17(7-8-17)14-12(15(20)21-10)6-5-11(18-14)9-13(19)22-16(2,3)4/h5-6,10H,7-9H2,1-4H3/t10-/m1/s1. The van der Waals surface area contributed by atoms with E-state index in [2.05, 4.69) is 4.98 Å². The fourth-order valence-electron chi connectivity index (χ4n) is 2.98. The molecule has 0 N–H and O–H groups in total. The van der Waals surface area contributed by atoms with E-state index in [0.29, 0.717) is 11.3 Å². The second-order valence-corrected chi connectivity index (χ2v) is 7.17. The first-order valence-electron chi connectivity index (χ1n) is 7.64. The molecule has 1 atom stereocenters. The van der Waals surface area contributed by atoms with Crippen LogP contribution in [0.15, 0.2) is 12.1 Å². The molecule has 0 aromatic carbocycles. The summed E-state index contributed by atoms with van der Waals surface area (Å²) in [6, 6.07) is 3.42. The van der Waals surface area contributed by atoms with Crippen LogP contribution >= 0.6 is 0 Å². The van der Waals surface area contributed by atoms with Gasteiger partial charge in [0.15, 0.2) is 0 Å². The Labute approximate surface area is 130 Å². The maximum absolute atomic E-state index is 12.0. The lowest BCUT2D eigenvalue weighted by atomic mass is 9.89. The molecule has 1 aliphatic heterocycles. The Bertz CT molecular complexity index is 641. The molecule has 0 amide bonds. The van der Waals surface area contributed by atoms with Gasteiger partial charge in [0.05, 0.1) is 28.8 Å². The molecule has 1 aromatic heterocycles. The number of aromatic nitrogens is 1. The highest BCUT2D eigenvalue weighted by Gasteiger charge is 2.56. The lowest BCUT2D eigenvalue weighted by Gasteiger charge is -2.30. The van der Waals surface area contributed by atoms with Gasteiger partial charge in [-0.3, -0.25) is 9.78 Å². The molecule has 1 aromatic rings. The fraction of sp³-hybridized carbons (Fsp3) is 0.588. The zero-order chi connectivity index (χ0) is 16.1. The van der Waals surface area contributed by atoms with Gasteiger partial charge in [0.25, 0.3) is 0 Å². The van der Waals surface area contributed by atoms with E-state index in [9.17, 15) is 9.59 Å². The summed E-state index contributed by atoms with van der Waals surface area (Å²) in [7, 11) is 0. The van der Waals surface area contributed by atoms with E-state index in [1.165, 1.54) is 0 Å². The molecule has 0 bridgehead atoms. The molecule has 2 heterocycles. The molecule has 0 unspecified atom stereocenters. The van der Waals surface area contributed by atoms with Gasteiger partial charge in [0.1, 0.15) is 11.7 Å². The van der Waals surface area contributed by atoms with Crippen LogP contribution in [0.5, 0.6) is 0 Å². The Kier molecular flexibility index (Phi) is 3.27. The number of hydrogen-bond donors (Lipinski definition) is 0. The molecule has 1 spiro atoms. The van der Waals surface area contributed by atoms with E-state index < -0.39 is 5.60 Å². The van der Waals surface area contributed by atoms with Gasteiger partial charge in [-0.05, 0) is 52.7 Å². The molecular formula is C17H21NO4. The van der Waals surface area contributed by atoms with Crippen LogP contribution in [0.1, 0.15) is 62.3 Å². The van der Waals surface area contributed by atoms with Crippen LogP contribution in [-0.4, -0.2) is 28.6 Å². The Morgan fingerprint density at radius 3 is 2.68 bits per heavy atom. The largest absolute Gasteiger partial charge is 0.460 e. The van der Waals surface area contributed by atoms with Gasteiger partial charge in [-0.2, -0.15) is 0 Å². The third-order valence-corrected chi connectivity index (χ3v) is 4.24. The van der Waals surface area contributed by atoms with Crippen LogP contribution in [0, 0.1) is 0 Å². The molecule has 1 fully saturated rings. The van der Waals surface area contributed by atoms with Gasteiger partial charge in [0, 0.05) is 0 Å². The van der Waals surface area contributed by atoms with E-state index in [1.807, 2.05) is 27.7 Å². The van der Waals surface area contributed by atoms with Crippen molar-refractivity contribution < 1.29 is 19.1 Å². The average molecular weight is 303 g/mol. The molecule has 118 valence electrons. The third kappa shape index (κ3) is 2.60. The van der Waals surface area contributed by atoms with Crippen LogP contribution in [0.4, 0.5) is 0 Å². The SMILES string of the molecule is C[C@H]1OC(=O)c2ccc(CC(=O)OC(C)(C)C)nc2C12CC2. The first-order valence-corrected chi connectivity index (χ1v) is 7.64. The number of nitrogens with zero attached hydrogens (tertiary/aromatic N) is 1. The van der Waals surface area contributed by atoms with Crippen molar-refractivity contribution in [2.45, 2.75) is 64.1 Å². The monoisotopic (exact) mass is 303 g/mol. The Morgan fingerprint density at radius 1 is 1.41 bits per heavy atom. The number of hydrogen-bond acceptors (Lipinski definition) is 5. The lowest BCUT2D eigenvalue weighted by Crippen LogP contribution is -2.37. The second kappa shape index (κ2) is 4.80. The smallest absolute Gasteiger partial charge is 0.340 e. The number of carbonyl (C=O) groups excluding carboxylic acids is 2. The number of carbonyl (C=O) groups is 2. The summed E-state index contributed by atoms with van der Waals surface area (Å²) in [4.78, 5) is 28.5. The first kappa shape index (κ1) is 15.0. The summed E-state index contributed by atoms with van der Waals surface area (Å²) >= 11 is 0. The summed E-state index contributed by atoms with van der Waals surface area (Å²) < 4.78 is 10.7. The molecule has 5 heteroatoms. The molecule has 2 aliphatic rings. The number of pyridine rings is 1. The van der Waals surface area contributed by atoms with Gasteiger partial charge in [-0.25, -0.2) is 4.79 Å². The van der Waals surface area contributed by atoms with Crippen LogP contribution in [0.2, 0.25) is 0 Å². The molecule has 3 rings (SSSR count). The van der Waals surface area contributed by atoms with E-state index in [4.69, 9.17) is 9.47 Å². The van der Waals surface area contributed by atoms with Crippen LogP contribution in [0.3, 0.4) is 0 Å². The average Bonchev–Trinajstić information content (AvgIpc) is 3.15. The molecule has 0 radical (unpaired) electrons. The minimum Gasteiger partial charge on any atom is -0.460 e. The highest BCUT2D eigenvalue weighted by Crippen LogP contribution is 2.54. The first-order chi connectivity index (χ1) is 10.2. The molecule has 22 heavy (non-hydrogen) atoms. The summed E-state index contributed by atoms with van der Waals surface area (Å²) in [5, 5.41) is 0. The zero-order valence-electron chi connectivity index (χ0n) is 13.4. The van der Waals surface area contributed by atoms with E-state index in [-0.39, 0.29) is 29.9 Å². The van der Waals surface area contributed by atoms with Gasteiger partial charge in [-0.15, -0.1) is 0 Å². The number of fused-ring (bicyclic) bond motifs is 2. The highest BCUT2D eigenvalue weighted by molar-refractivity contribution is 5.93. The van der Waals surface area contributed by atoms with E-state index in [1.54, 1.807) is 12.1 Å². The van der Waals surface area contributed by atoms with Crippen molar-refractivity contribution in [1.29, 1.82) is 0 Å². The molecule has 1 saturated carbocycles. The molecule has 5 nitrogen and oxygen atoms in total. The van der Waals surface area contributed by atoms with Crippen molar-refractivity contribution in [3.8, 4) is 0 Å². The van der Waals surface area contributed by atoms with Crippen LogP contribution < -0.4 is 0 Å². The summed E-state index contributed by atoms with van der Waals surface area (Å²) in [6.07, 6.45) is 1.90. The van der Waals surface area contributed by atoms with Crippen molar-refractivity contribution in [2.75, 3.05) is 0 Å². The lowest BCUT2D eigenvalue weighted by molar-refractivity contribution is -0.154. The normalized spacial score (nSPS) is 22.0. The predicted molar refractivity (Wildman–Crippen MR) is 79.6 cm³/mol. The fourth-order valence-corrected chi connectivity index (χ4v) is 2.98. The highest BCUT2D eigenvalue weighted by atomic mass is 16.6. The maximum Gasteiger partial charge on any atom is 0.340 e. The molecular weight excluding hydrogens is 282 g/mol. The number of cyclic esters (lactones) is 1. The molecule has 1 aliphatic carbocycles. The van der Waals surface area contributed by atoms with Crippen molar-refractivity contribution >= 4 is 11.9 Å². The van der Waals surface area contributed by atoms with E-state index >= 15 is 0 Å². The molecule has 0 saturated heterocycles. The number of ether oxygens (including phenoxy) is 2. The van der Waals surface area contributed by atoms with Gasteiger partial charge in [0.2, 0.25) is 0 Å². The van der Waals surface area contributed by atoms with Gasteiger partial charge in [-0.1, -0.05) is 0 Å². The predicted octanol–water partition coefficient (Wildman–Crippen LogP) is 2.56. The van der Waals surface area contributed by atoms with Crippen molar-refractivity contribution in [3.63, 3.8) is 0 Å². The van der Waals surface area contributed by atoms with Crippen molar-refractivity contribution in [2.24, 2.45) is 0 Å². The quantitative estimate of drug-likeness (QED) is 0.786. The summed E-state index contributed by atoms with van der Waals surface area (Å²) in [6.45, 7) is 7.42. The summed E-state index contributed by atoms with van der Waals surface area (Å²) in [5.74, 6) is -0.632. The maximum atomic E-state index is 12.0. The van der Waals surface area contributed by atoms with Crippen LogP contribution in [-0.2, 0) is 26.1 Å². The topological polar surface area (TPSA) is 65.5 Å². The second-order valence-electron chi connectivity index (χ2n) is 7.17. The van der Waals surface area contributed by atoms with Gasteiger partial charge < -0.3 is 9.47 Å². The Morgan fingerprint density at radius 2 is 2.09 bits per heavy atom. The van der Waals surface area contributed by atoms with Crippen molar-refractivity contribution in [3.05, 3.63) is 29.1 Å². The van der Waals surface area contributed by atoms with Gasteiger partial charge >= 0.3 is 11.9 Å². The van der Waals surface area contributed by atoms with Crippen molar-refractivity contribution in [1.82, 2.24) is 4.98 Å². The third-order valence-electron chi connectivity index (χ3n) is 4.24. The number of esters is 2. The minimum absolute atomic E-state index is 0.115. The Balaban J connectivity index is 1.86. The number of rotatable bonds is 2. The minimum atomic E-state index is -0.513. The zero-order valence-corrected chi connectivity index (χ0v) is 13.4. The van der Waals surface area contributed by atoms with Crippen LogP contribution in [0.25, 0.3) is 0 Å².